The van der Waals surface area contributed by atoms with E-state index in [1.54, 1.807) is 17.7 Å². The van der Waals surface area contributed by atoms with Crippen molar-refractivity contribution < 1.29 is 0 Å². The molecule has 21 heavy (non-hydrogen) atoms. The van der Waals surface area contributed by atoms with Crippen LogP contribution in [0, 0.1) is 0 Å². The molecular weight excluding hydrogens is 304 g/mol. The number of thiophene rings is 1. The zero-order chi connectivity index (χ0) is 14.2. The van der Waals surface area contributed by atoms with Crippen molar-refractivity contribution in [2.24, 2.45) is 0 Å². The molecule has 1 N–H and O–H groups in total. The van der Waals surface area contributed by atoms with Crippen LogP contribution in [-0.4, -0.2) is 28.0 Å². The third-order valence-corrected chi connectivity index (χ3v) is 5.34. The maximum atomic E-state index is 6.31. The molecule has 1 saturated heterocycles. The van der Waals surface area contributed by atoms with E-state index in [-0.39, 0.29) is 0 Å². The van der Waals surface area contributed by atoms with E-state index in [1.807, 2.05) is 17.6 Å². The van der Waals surface area contributed by atoms with Crippen LogP contribution >= 0.6 is 22.9 Å². The molecule has 4 rings (SSSR count). The highest BCUT2D eigenvalue weighted by Gasteiger charge is 2.20. The summed E-state index contributed by atoms with van der Waals surface area (Å²) >= 11 is 7.96. The fraction of sp³-hybridized carbons (Fsp3) is 0.333. The molecule has 0 radical (unpaired) electrons. The van der Waals surface area contributed by atoms with Crippen molar-refractivity contribution in [3.8, 4) is 10.4 Å². The van der Waals surface area contributed by atoms with Gasteiger partial charge in [0, 0.05) is 24.8 Å². The molecule has 1 aliphatic heterocycles. The predicted molar refractivity (Wildman–Crippen MR) is 88.3 cm³/mol. The van der Waals surface area contributed by atoms with Crippen molar-refractivity contribution in [2.45, 2.75) is 19.3 Å². The van der Waals surface area contributed by atoms with Gasteiger partial charge in [-0.3, -0.25) is 0 Å². The summed E-state index contributed by atoms with van der Waals surface area (Å²) in [4.78, 5) is 15.6. The fourth-order valence-corrected chi connectivity index (χ4v) is 4.14. The monoisotopic (exact) mass is 318 g/mol. The van der Waals surface area contributed by atoms with Crippen molar-refractivity contribution in [1.82, 2.24) is 15.0 Å². The van der Waals surface area contributed by atoms with Gasteiger partial charge in [0.2, 0.25) is 0 Å². The average Bonchev–Trinajstić information content (AvgIpc) is 3.13. The van der Waals surface area contributed by atoms with Crippen molar-refractivity contribution in [3.05, 3.63) is 29.0 Å². The summed E-state index contributed by atoms with van der Waals surface area (Å²) in [6.07, 6.45) is 7.39. The molecule has 0 unspecified atom stereocenters. The molecule has 4 heterocycles. The van der Waals surface area contributed by atoms with E-state index in [0.717, 1.165) is 45.4 Å². The standard InChI is InChI=1S/C15H15ClN4S/c16-11-4-7-21-13(11)10-8-17-14-12(10)15(19-9-18-14)20-5-2-1-3-6-20/h4,7-9H,1-3,5-6H2,(H,17,18,19). The number of piperidine rings is 1. The Kier molecular flexibility index (Phi) is 3.31. The molecule has 108 valence electrons. The average molecular weight is 319 g/mol. The van der Waals surface area contributed by atoms with Crippen LogP contribution in [0.4, 0.5) is 5.82 Å². The molecule has 0 aromatic carbocycles. The number of halogens is 1. The van der Waals surface area contributed by atoms with E-state index in [1.165, 1.54) is 19.3 Å². The van der Waals surface area contributed by atoms with Crippen LogP contribution in [-0.2, 0) is 0 Å². The molecule has 0 aliphatic carbocycles. The normalized spacial score (nSPS) is 15.8. The summed E-state index contributed by atoms with van der Waals surface area (Å²) < 4.78 is 0. The van der Waals surface area contributed by atoms with Crippen LogP contribution in [0.15, 0.2) is 24.0 Å². The second-order valence-corrected chi connectivity index (χ2v) is 6.59. The number of rotatable bonds is 2. The van der Waals surface area contributed by atoms with Crippen LogP contribution in [0.3, 0.4) is 0 Å². The molecular formula is C15H15ClN4S. The van der Waals surface area contributed by atoms with E-state index in [2.05, 4.69) is 19.9 Å². The van der Waals surface area contributed by atoms with Gasteiger partial charge in [-0.25, -0.2) is 9.97 Å². The van der Waals surface area contributed by atoms with Gasteiger partial charge in [0.05, 0.1) is 15.3 Å². The predicted octanol–water partition coefficient (Wildman–Crippen LogP) is 4.33. The minimum absolute atomic E-state index is 0.786. The number of nitrogens with one attached hydrogen (secondary N) is 1. The van der Waals surface area contributed by atoms with Crippen LogP contribution < -0.4 is 4.90 Å². The Bertz CT molecular complexity index is 773. The van der Waals surface area contributed by atoms with Crippen molar-refractivity contribution in [1.29, 1.82) is 0 Å². The third kappa shape index (κ3) is 2.21. The van der Waals surface area contributed by atoms with E-state index < -0.39 is 0 Å². The number of hydrogen-bond donors (Lipinski definition) is 1. The topological polar surface area (TPSA) is 44.8 Å². The summed E-state index contributed by atoms with van der Waals surface area (Å²) in [7, 11) is 0. The van der Waals surface area contributed by atoms with Gasteiger partial charge >= 0.3 is 0 Å². The number of aromatic nitrogens is 3. The van der Waals surface area contributed by atoms with E-state index >= 15 is 0 Å². The summed E-state index contributed by atoms with van der Waals surface area (Å²) in [5.74, 6) is 1.03. The first-order chi connectivity index (χ1) is 10.3. The highest BCUT2D eigenvalue weighted by atomic mass is 35.5. The molecule has 0 spiro atoms. The quantitative estimate of drug-likeness (QED) is 0.765. The van der Waals surface area contributed by atoms with Crippen LogP contribution in [0.1, 0.15) is 19.3 Å². The van der Waals surface area contributed by atoms with Gasteiger partial charge in [-0.05, 0) is 30.7 Å². The van der Waals surface area contributed by atoms with E-state index in [4.69, 9.17) is 11.6 Å². The van der Waals surface area contributed by atoms with E-state index in [0.29, 0.717) is 0 Å². The Morgan fingerprint density at radius 1 is 1.19 bits per heavy atom. The van der Waals surface area contributed by atoms with Gasteiger partial charge < -0.3 is 9.88 Å². The molecule has 4 nitrogen and oxygen atoms in total. The Morgan fingerprint density at radius 2 is 2.05 bits per heavy atom. The Hall–Kier alpha value is -1.59. The summed E-state index contributed by atoms with van der Waals surface area (Å²) in [5, 5.41) is 3.89. The fourth-order valence-electron chi connectivity index (χ4n) is 2.96. The number of hydrogen-bond acceptors (Lipinski definition) is 4. The number of anilines is 1. The lowest BCUT2D eigenvalue weighted by atomic mass is 10.1. The molecule has 1 fully saturated rings. The number of H-pyrrole nitrogens is 1. The van der Waals surface area contributed by atoms with E-state index in [9.17, 15) is 0 Å². The number of nitrogens with zero attached hydrogens (tertiary/aromatic N) is 3. The first-order valence-corrected chi connectivity index (χ1v) is 8.41. The first-order valence-electron chi connectivity index (χ1n) is 7.15. The minimum Gasteiger partial charge on any atom is -0.356 e. The Balaban J connectivity index is 1.91. The second-order valence-electron chi connectivity index (χ2n) is 5.27. The van der Waals surface area contributed by atoms with Crippen LogP contribution in [0.2, 0.25) is 5.02 Å². The molecule has 0 saturated carbocycles. The van der Waals surface area contributed by atoms with Crippen LogP contribution in [0.25, 0.3) is 21.5 Å². The second kappa shape index (κ2) is 5.31. The van der Waals surface area contributed by atoms with Crippen LogP contribution in [0.5, 0.6) is 0 Å². The van der Waals surface area contributed by atoms with Gasteiger partial charge in [0.25, 0.3) is 0 Å². The lowest BCUT2D eigenvalue weighted by molar-refractivity contribution is 0.574. The Labute approximate surface area is 131 Å². The maximum absolute atomic E-state index is 6.31. The highest BCUT2D eigenvalue weighted by molar-refractivity contribution is 7.14. The minimum atomic E-state index is 0.786. The molecule has 0 atom stereocenters. The molecule has 3 aromatic heterocycles. The summed E-state index contributed by atoms with van der Waals surface area (Å²) in [6, 6.07) is 1.94. The summed E-state index contributed by atoms with van der Waals surface area (Å²) in [6.45, 7) is 2.13. The number of aromatic amines is 1. The maximum Gasteiger partial charge on any atom is 0.143 e. The van der Waals surface area contributed by atoms with Gasteiger partial charge in [0.1, 0.15) is 17.8 Å². The lowest BCUT2D eigenvalue weighted by Crippen LogP contribution is -2.30. The number of fused-ring (bicyclic) bond motifs is 1. The van der Waals surface area contributed by atoms with Gasteiger partial charge in [-0.15, -0.1) is 11.3 Å². The van der Waals surface area contributed by atoms with Crippen molar-refractivity contribution >= 4 is 39.8 Å². The summed E-state index contributed by atoms with van der Waals surface area (Å²) in [5.41, 5.74) is 1.98. The zero-order valence-electron chi connectivity index (χ0n) is 11.5. The highest BCUT2D eigenvalue weighted by Crippen LogP contribution is 2.40. The van der Waals surface area contributed by atoms with Gasteiger partial charge in [-0.2, -0.15) is 0 Å². The molecule has 0 amide bonds. The molecule has 0 bridgehead atoms. The SMILES string of the molecule is Clc1ccsc1-c1c[nH]c2ncnc(N3CCCCC3)c12. The van der Waals surface area contributed by atoms with Crippen molar-refractivity contribution in [3.63, 3.8) is 0 Å². The lowest BCUT2D eigenvalue weighted by Gasteiger charge is -2.28. The zero-order valence-corrected chi connectivity index (χ0v) is 13.0. The van der Waals surface area contributed by atoms with Crippen molar-refractivity contribution in [2.75, 3.05) is 18.0 Å². The van der Waals surface area contributed by atoms with Gasteiger partial charge in [-0.1, -0.05) is 11.6 Å². The first kappa shape index (κ1) is 13.1. The molecule has 3 aromatic rings. The smallest absolute Gasteiger partial charge is 0.143 e. The Morgan fingerprint density at radius 3 is 2.81 bits per heavy atom. The largest absolute Gasteiger partial charge is 0.356 e. The molecule has 1 aliphatic rings. The third-order valence-electron chi connectivity index (χ3n) is 3.97. The molecule has 6 heteroatoms. The van der Waals surface area contributed by atoms with Gasteiger partial charge in [0.15, 0.2) is 0 Å².